The van der Waals surface area contributed by atoms with Crippen molar-refractivity contribution in [2.45, 2.75) is 18.9 Å². The first-order valence-corrected chi connectivity index (χ1v) is 4.17. The molecule has 0 heterocycles. The number of hydrogen-bond acceptors (Lipinski definition) is 7. The Balaban J connectivity index is -0.000000720. The monoisotopic (exact) mass is 253 g/mol. The Hall–Kier alpha value is 0.560. The van der Waals surface area contributed by atoms with E-state index in [1.807, 2.05) is 0 Å². The van der Waals surface area contributed by atoms with E-state index in [0.29, 0.717) is 0 Å². The zero-order chi connectivity index (χ0) is 10.4. The zero-order valence-corrected chi connectivity index (χ0v) is 13.1. The first kappa shape index (κ1) is 20.9. The van der Waals surface area contributed by atoms with E-state index in [2.05, 4.69) is 4.36 Å². The minimum Gasteiger partial charge on any atom is -0.550 e. The van der Waals surface area contributed by atoms with Crippen LogP contribution in [-0.2, 0) is 20.1 Å². The Morgan fingerprint density at radius 3 is 1.93 bits per heavy atom. The van der Waals surface area contributed by atoms with Crippen LogP contribution in [0.2, 0.25) is 0 Å². The van der Waals surface area contributed by atoms with Gasteiger partial charge in [0.15, 0.2) is 0 Å². The van der Waals surface area contributed by atoms with Gasteiger partial charge in [-0.25, -0.2) is 0 Å². The largest absolute Gasteiger partial charge is 1.00 e. The molecule has 0 saturated carbocycles. The Morgan fingerprint density at radius 1 is 1.20 bits per heavy atom. The van der Waals surface area contributed by atoms with Gasteiger partial charge < -0.3 is 19.8 Å². The molecular weight excluding hydrogens is 248 g/mol. The van der Waals surface area contributed by atoms with Gasteiger partial charge in [0.05, 0.1) is 5.97 Å². The fourth-order valence-corrected chi connectivity index (χ4v) is 0.971. The van der Waals surface area contributed by atoms with Crippen molar-refractivity contribution in [2.75, 3.05) is 0 Å². The molecule has 0 rings (SSSR count). The van der Waals surface area contributed by atoms with Crippen molar-refractivity contribution < 1.29 is 87.3 Å². The van der Waals surface area contributed by atoms with Crippen molar-refractivity contribution in [3.05, 3.63) is 0 Å². The molecule has 0 aromatic carbocycles. The maximum atomic E-state index is 10.2. The zero-order valence-electron chi connectivity index (χ0n) is 8.30. The molecule has 0 aromatic heterocycles. The molecule has 0 amide bonds. The third-order valence-electron chi connectivity index (χ3n) is 1.11. The Bertz CT molecular complexity index is 331. The van der Waals surface area contributed by atoms with Crippen molar-refractivity contribution >= 4 is 22.4 Å². The summed E-state index contributed by atoms with van der Waals surface area (Å²) in [6, 6.07) is -1.66. The molecule has 0 radical (unpaired) electrons. The maximum absolute atomic E-state index is 10.2. The van der Waals surface area contributed by atoms with Gasteiger partial charge in [-0.1, -0.05) is 0 Å². The van der Waals surface area contributed by atoms with Gasteiger partial charge in [0.1, 0.15) is 6.04 Å². The number of nitrogens with zero attached hydrogens (tertiary/aromatic N) is 1. The van der Waals surface area contributed by atoms with Crippen molar-refractivity contribution in [3.8, 4) is 0 Å². The second kappa shape index (κ2) is 11.1. The number of carbonyl (C=O) groups excluding carboxylic acids is 2. The van der Waals surface area contributed by atoms with Gasteiger partial charge >= 0.3 is 69.6 Å². The number of carboxylic acid groups (broad SMARTS) is 2. The van der Waals surface area contributed by atoms with Crippen LogP contribution in [0.5, 0.6) is 0 Å². The van der Waals surface area contributed by atoms with E-state index in [4.69, 9.17) is 0 Å². The van der Waals surface area contributed by atoms with Crippen molar-refractivity contribution in [1.29, 1.82) is 0 Å². The smallest absolute Gasteiger partial charge is 0.550 e. The quantitative estimate of drug-likeness (QED) is 0.447. The summed E-state index contributed by atoms with van der Waals surface area (Å²) in [5.74, 6) is -3.21. The normalized spacial score (nSPS) is 10.1. The van der Waals surface area contributed by atoms with Crippen molar-refractivity contribution in [3.63, 3.8) is 0 Å². The van der Waals surface area contributed by atoms with Crippen LogP contribution in [0.4, 0.5) is 0 Å². The third-order valence-corrected chi connectivity index (χ3v) is 1.53. The Kier molecular flexibility index (Phi) is 15.4. The van der Waals surface area contributed by atoms with Crippen LogP contribution in [0.15, 0.2) is 4.36 Å². The molecule has 0 saturated heterocycles. The number of rotatable bonds is 5. The SMILES string of the molecule is O=C([O-])CC[C@H](N=S(=O)=O)C(=O)[O-].[Na+].[Na+]. The summed E-state index contributed by atoms with van der Waals surface area (Å²) < 4.78 is 22.6. The van der Waals surface area contributed by atoms with Crippen LogP contribution in [0.25, 0.3) is 0 Å². The summed E-state index contributed by atoms with van der Waals surface area (Å²) in [6.45, 7) is 0. The number of aliphatic carboxylic acids is 2. The molecule has 0 aliphatic heterocycles. The average Bonchev–Trinajstić information content (AvgIpc) is 1.96. The summed E-state index contributed by atoms with van der Waals surface area (Å²) in [6.07, 6.45) is -1.04. The second-order valence-electron chi connectivity index (χ2n) is 2.07. The van der Waals surface area contributed by atoms with Gasteiger partial charge in [-0.2, -0.15) is 12.8 Å². The molecule has 0 aliphatic rings. The molecule has 1 atom stereocenters. The summed E-state index contributed by atoms with van der Waals surface area (Å²) in [7, 11) is -2.89. The number of carbonyl (C=O) groups is 2. The molecule has 0 bridgehead atoms. The van der Waals surface area contributed by atoms with Gasteiger partial charge in [-0.3, -0.25) is 0 Å². The van der Waals surface area contributed by atoms with E-state index in [1.54, 1.807) is 0 Å². The van der Waals surface area contributed by atoms with Crippen LogP contribution in [0.1, 0.15) is 12.8 Å². The second-order valence-corrected chi connectivity index (χ2v) is 2.71. The summed E-state index contributed by atoms with van der Waals surface area (Å²) >= 11 is 0. The van der Waals surface area contributed by atoms with E-state index in [1.165, 1.54) is 0 Å². The molecule has 0 aromatic rings. The van der Waals surface area contributed by atoms with Crippen LogP contribution >= 0.6 is 0 Å². The van der Waals surface area contributed by atoms with Gasteiger partial charge in [0.2, 0.25) is 0 Å². The molecular formula is C5H5NNa2O6S. The molecule has 0 spiro atoms. The number of carboxylic acids is 2. The van der Waals surface area contributed by atoms with E-state index in [9.17, 15) is 28.2 Å². The average molecular weight is 253 g/mol. The summed E-state index contributed by atoms with van der Waals surface area (Å²) in [5, 5.41) is 20.0. The molecule has 15 heavy (non-hydrogen) atoms. The minimum atomic E-state index is -2.89. The minimum absolute atomic E-state index is 0. The summed E-state index contributed by atoms with van der Waals surface area (Å²) in [5.41, 5.74) is 0. The Labute approximate surface area is 132 Å². The van der Waals surface area contributed by atoms with Crippen LogP contribution < -0.4 is 69.3 Å². The molecule has 74 valence electrons. The third kappa shape index (κ3) is 12.5. The predicted octanol–water partition coefficient (Wildman–Crippen LogP) is -9.29. The standard InChI is InChI=1S/C5H7NO6S.2Na/c7-4(8)2-1-3(5(9)10)6-13(11)12;;/h3H,1-2H2,(H,7,8)(H,9,10);;/q;2*+1/p-2/t3-;;/m0../s1. The van der Waals surface area contributed by atoms with E-state index in [-0.39, 0.29) is 59.1 Å². The first-order valence-electron chi connectivity index (χ1n) is 3.14. The van der Waals surface area contributed by atoms with Crippen LogP contribution in [-0.4, -0.2) is 26.4 Å². The number of hydrogen-bond donors (Lipinski definition) is 0. The van der Waals surface area contributed by atoms with E-state index < -0.39 is 41.3 Å². The molecule has 0 N–H and O–H groups in total. The van der Waals surface area contributed by atoms with Gasteiger partial charge in [-0.05, 0) is 12.8 Å². The molecule has 0 aliphatic carbocycles. The van der Waals surface area contributed by atoms with Gasteiger partial charge in [0, 0.05) is 5.97 Å². The van der Waals surface area contributed by atoms with E-state index >= 15 is 0 Å². The van der Waals surface area contributed by atoms with Crippen LogP contribution in [0.3, 0.4) is 0 Å². The van der Waals surface area contributed by atoms with E-state index in [0.717, 1.165) is 0 Å². The van der Waals surface area contributed by atoms with Crippen molar-refractivity contribution in [2.24, 2.45) is 4.36 Å². The molecule has 7 nitrogen and oxygen atoms in total. The Morgan fingerprint density at radius 2 is 1.67 bits per heavy atom. The predicted molar refractivity (Wildman–Crippen MR) is 34.4 cm³/mol. The topological polar surface area (TPSA) is 127 Å². The maximum Gasteiger partial charge on any atom is 1.00 e. The molecule has 0 unspecified atom stereocenters. The van der Waals surface area contributed by atoms with Gasteiger partial charge in [0.25, 0.3) is 0 Å². The van der Waals surface area contributed by atoms with Gasteiger partial charge in [-0.15, -0.1) is 0 Å². The fourth-order valence-electron chi connectivity index (χ4n) is 0.572. The first-order chi connectivity index (χ1) is 5.93. The van der Waals surface area contributed by atoms with Crippen molar-refractivity contribution in [1.82, 2.24) is 0 Å². The molecule has 0 fully saturated rings. The molecule has 10 heteroatoms. The fraction of sp³-hybridized carbons (Fsp3) is 0.600. The van der Waals surface area contributed by atoms with Crippen LogP contribution in [0, 0.1) is 0 Å². The summed E-state index contributed by atoms with van der Waals surface area (Å²) in [4.78, 5) is 20.0.